The maximum atomic E-state index is 12.9. The second kappa shape index (κ2) is 6.11. The molecular weight excluding hydrogens is 263 g/mol. The largest absolute Gasteiger partial charge is 0.391 e. The highest BCUT2D eigenvalue weighted by Gasteiger charge is 2.30. The van der Waals surface area contributed by atoms with Crippen molar-refractivity contribution in [3.8, 4) is 0 Å². The van der Waals surface area contributed by atoms with Gasteiger partial charge in [0.05, 0.1) is 18.4 Å². The standard InChI is InChI=1S/C14H17FN2O3/c1-2-11(18)8-17-14(20)13(19)7-12(16-17)9-3-5-10(15)6-4-9/h3-6,11,13,18-19H,2,7-8H2,1H3. The maximum absolute atomic E-state index is 12.9. The van der Waals surface area contributed by atoms with Crippen molar-refractivity contribution in [2.24, 2.45) is 5.10 Å². The fourth-order valence-electron chi connectivity index (χ4n) is 1.96. The Bertz CT molecular complexity index is 516. The van der Waals surface area contributed by atoms with Crippen LogP contribution in [0.1, 0.15) is 25.3 Å². The Morgan fingerprint density at radius 1 is 1.45 bits per heavy atom. The molecule has 1 aromatic carbocycles. The molecule has 20 heavy (non-hydrogen) atoms. The van der Waals surface area contributed by atoms with Crippen LogP contribution in [-0.4, -0.2) is 45.6 Å². The summed E-state index contributed by atoms with van der Waals surface area (Å²) in [5.41, 5.74) is 1.15. The van der Waals surface area contributed by atoms with Gasteiger partial charge in [0.2, 0.25) is 0 Å². The summed E-state index contributed by atoms with van der Waals surface area (Å²) < 4.78 is 12.9. The molecule has 108 valence electrons. The number of hydrazone groups is 1. The molecule has 1 aliphatic heterocycles. The van der Waals surface area contributed by atoms with E-state index in [0.29, 0.717) is 17.7 Å². The van der Waals surface area contributed by atoms with E-state index in [1.807, 2.05) is 0 Å². The predicted octanol–water partition coefficient (Wildman–Crippen LogP) is 0.894. The number of β-amino-alcohol motifs (C(OH)–C–C–N with tert-alkyl or cyclic N) is 1. The van der Waals surface area contributed by atoms with Gasteiger partial charge in [0.15, 0.2) is 0 Å². The van der Waals surface area contributed by atoms with Gasteiger partial charge in [-0.1, -0.05) is 19.1 Å². The second-order valence-electron chi connectivity index (χ2n) is 4.76. The number of amides is 1. The van der Waals surface area contributed by atoms with Crippen LogP contribution < -0.4 is 0 Å². The highest BCUT2D eigenvalue weighted by molar-refractivity contribution is 6.05. The van der Waals surface area contributed by atoms with Crippen LogP contribution in [0.15, 0.2) is 29.4 Å². The fourth-order valence-corrected chi connectivity index (χ4v) is 1.96. The van der Waals surface area contributed by atoms with Crippen LogP contribution in [0.3, 0.4) is 0 Å². The van der Waals surface area contributed by atoms with Crippen molar-refractivity contribution in [1.29, 1.82) is 0 Å². The van der Waals surface area contributed by atoms with Gasteiger partial charge in [-0.05, 0) is 24.1 Å². The number of carbonyl (C=O) groups excluding carboxylic acids is 1. The summed E-state index contributed by atoms with van der Waals surface area (Å²) in [5.74, 6) is -0.886. The number of hydrogen-bond donors (Lipinski definition) is 2. The summed E-state index contributed by atoms with van der Waals surface area (Å²) >= 11 is 0. The zero-order valence-corrected chi connectivity index (χ0v) is 11.2. The zero-order valence-electron chi connectivity index (χ0n) is 11.2. The Morgan fingerprint density at radius 3 is 2.70 bits per heavy atom. The van der Waals surface area contributed by atoms with Crippen molar-refractivity contribution >= 4 is 11.6 Å². The molecule has 1 aliphatic rings. The molecule has 1 aromatic rings. The third-order valence-electron chi connectivity index (χ3n) is 3.20. The zero-order chi connectivity index (χ0) is 14.7. The van der Waals surface area contributed by atoms with Crippen LogP contribution in [0.2, 0.25) is 0 Å². The lowest BCUT2D eigenvalue weighted by Gasteiger charge is -2.28. The first-order valence-corrected chi connectivity index (χ1v) is 6.52. The molecule has 0 saturated carbocycles. The van der Waals surface area contributed by atoms with Crippen molar-refractivity contribution in [3.05, 3.63) is 35.6 Å². The van der Waals surface area contributed by atoms with Gasteiger partial charge in [-0.25, -0.2) is 9.40 Å². The van der Waals surface area contributed by atoms with Crippen LogP contribution >= 0.6 is 0 Å². The molecule has 6 heteroatoms. The minimum absolute atomic E-state index is 0.0388. The fraction of sp³-hybridized carbons (Fsp3) is 0.429. The van der Waals surface area contributed by atoms with E-state index in [-0.39, 0.29) is 18.8 Å². The van der Waals surface area contributed by atoms with Gasteiger partial charge in [0.25, 0.3) is 5.91 Å². The van der Waals surface area contributed by atoms with Crippen LogP contribution in [0, 0.1) is 5.82 Å². The molecule has 2 atom stereocenters. The van der Waals surface area contributed by atoms with Crippen molar-refractivity contribution in [1.82, 2.24) is 5.01 Å². The normalized spacial score (nSPS) is 20.8. The smallest absolute Gasteiger partial charge is 0.271 e. The summed E-state index contributed by atoms with van der Waals surface area (Å²) in [4.78, 5) is 11.8. The van der Waals surface area contributed by atoms with E-state index in [1.165, 1.54) is 12.1 Å². The van der Waals surface area contributed by atoms with E-state index in [2.05, 4.69) is 5.10 Å². The summed E-state index contributed by atoms with van der Waals surface area (Å²) in [6, 6.07) is 5.69. The molecule has 0 radical (unpaired) electrons. The van der Waals surface area contributed by atoms with Gasteiger partial charge in [-0.3, -0.25) is 4.79 Å². The Kier molecular flexibility index (Phi) is 4.46. The SMILES string of the molecule is CCC(O)CN1N=C(c2ccc(F)cc2)CC(O)C1=O. The van der Waals surface area contributed by atoms with E-state index < -0.39 is 18.1 Å². The number of aliphatic hydroxyl groups excluding tert-OH is 2. The van der Waals surface area contributed by atoms with Crippen LogP contribution in [0.25, 0.3) is 0 Å². The number of halogens is 1. The van der Waals surface area contributed by atoms with E-state index >= 15 is 0 Å². The number of carbonyl (C=O) groups is 1. The van der Waals surface area contributed by atoms with Crippen LogP contribution in [0.4, 0.5) is 4.39 Å². The van der Waals surface area contributed by atoms with Gasteiger partial charge in [0, 0.05) is 6.42 Å². The van der Waals surface area contributed by atoms with Gasteiger partial charge in [-0.2, -0.15) is 5.10 Å². The van der Waals surface area contributed by atoms with Crippen molar-refractivity contribution < 1.29 is 19.4 Å². The van der Waals surface area contributed by atoms with Gasteiger partial charge in [0.1, 0.15) is 11.9 Å². The summed E-state index contributed by atoms with van der Waals surface area (Å²) in [6.45, 7) is 1.83. The first kappa shape index (κ1) is 14.6. The molecule has 2 rings (SSSR count). The monoisotopic (exact) mass is 280 g/mol. The molecule has 1 heterocycles. The summed E-state index contributed by atoms with van der Waals surface area (Å²) in [6.07, 6.45) is -1.30. The summed E-state index contributed by atoms with van der Waals surface area (Å²) in [5, 5.41) is 24.6. The number of benzene rings is 1. The van der Waals surface area contributed by atoms with E-state index in [0.717, 1.165) is 5.01 Å². The Hall–Kier alpha value is -1.79. The predicted molar refractivity (Wildman–Crippen MR) is 71.6 cm³/mol. The average molecular weight is 280 g/mol. The first-order valence-electron chi connectivity index (χ1n) is 6.52. The molecule has 0 fully saturated rings. The van der Waals surface area contributed by atoms with Crippen molar-refractivity contribution in [3.63, 3.8) is 0 Å². The summed E-state index contributed by atoms with van der Waals surface area (Å²) in [7, 11) is 0. The molecule has 2 unspecified atom stereocenters. The third-order valence-corrected chi connectivity index (χ3v) is 3.20. The molecule has 0 bridgehead atoms. The number of hydrogen-bond acceptors (Lipinski definition) is 4. The molecule has 0 aliphatic carbocycles. The molecule has 1 amide bonds. The number of rotatable bonds is 4. The third kappa shape index (κ3) is 3.20. The van der Waals surface area contributed by atoms with Gasteiger partial charge in [-0.15, -0.1) is 0 Å². The Labute approximate surface area is 116 Å². The van der Waals surface area contributed by atoms with E-state index in [1.54, 1.807) is 19.1 Å². The minimum Gasteiger partial charge on any atom is -0.391 e. The highest BCUT2D eigenvalue weighted by atomic mass is 19.1. The molecule has 0 saturated heterocycles. The lowest BCUT2D eigenvalue weighted by molar-refractivity contribution is -0.142. The maximum Gasteiger partial charge on any atom is 0.271 e. The highest BCUT2D eigenvalue weighted by Crippen LogP contribution is 2.17. The van der Waals surface area contributed by atoms with Crippen LogP contribution in [-0.2, 0) is 4.79 Å². The molecule has 5 nitrogen and oxygen atoms in total. The lowest BCUT2D eigenvalue weighted by atomic mass is 10.0. The van der Waals surface area contributed by atoms with Crippen LogP contribution in [0.5, 0.6) is 0 Å². The van der Waals surface area contributed by atoms with E-state index in [4.69, 9.17) is 0 Å². The number of nitrogens with zero attached hydrogens (tertiary/aromatic N) is 2. The quantitative estimate of drug-likeness (QED) is 0.860. The Balaban J connectivity index is 2.25. The molecule has 2 N–H and O–H groups in total. The first-order chi connectivity index (χ1) is 9.51. The second-order valence-corrected chi connectivity index (χ2v) is 4.76. The number of aliphatic hydroxyl groups is 2. The Morgan fingerprint density at radius 2 is 2.10 bits per heavy atom. The molecular formula is C14H17FN2O3. The van der Waals surface area contributed by atoms with E-state index in [9.17, 15) is 19.4 Å². The minimum atomic E-state index is -1.18. The average Bonchev–Trinajstić information content (AvgIpc) is 2.44. The van der Waals surface area contributed by atoms with Crippen molar-refractivity contribution in [2.45, 2.75) is 32.0 Å². The van der Waals surface area contributed by atoms with Crippen molar-refractivity contribution in [2.75, 3.05) is 6.54 Å². The van der Waals surface area contributed by atoms with Gasteiger partial charge < -0.3 is 10.2 Å². The topological polar surface area (TPSA) is 73.1 Å². The molecule has 0 spiro atoms. The lowest BCUT2D eigenvalue weighted by Crippen LogP contribution is -2.45. The van der Waals surface area contributed by atoms with Gasteiger partial charge >= 0.3 is 0 Å². The molecule has 0 aromatic heterocycles.